The molecule has 6 heteroatoms. The molecule has 2 heterocycles. The van der Waals surface area contributed by atoms with Crippen LogP contribution in [0.4, 0.5) is 11.5 Å². The number of carbonyl (C=O) groups excluding carboxylic acids is 1. The monoisotopic (exact) mass is 355 g/mol. The molecule has 0 bridgehead atoms. The molecule has 6 nitrogen and oxygen atoms in total. The number of ether oxygens (including phenoxy) is 2. The van der Waals surface area contributed by atoms with Gasteiger partial charge in [-0.15, -0.1) is 0 Å². The van der Waals surface area contributed by atoms with Crippen LogP contribution < -0.4 is 19.7 Å². The van der Waals surface area contributed by atoms with Crippen molar-refractivity contribution in [3.05, 3.63) is 42.6 Å². The molecule has 3 rings (SSSR count). The van der Waals surface area contributed by atoms with Gasteiger partial charge in [-0.05, 0) is 37.1 Å². The van der Waals surface area contributed by atoms with Gasteiger partial charge in [0.2, 0.25) is 0 Å². The summed E-state index contributed by atoms with van der Waals surface area (Å²) < 4.78 is 10.6. The Kier molecular flexibility index (Phi) is 6.30. The summed E-state index contributed by atoms with van der Waals surface area (Å²) in [5.41, 5.74) is 1.11. The summed E-state index contributed by atoms with van der Waals surface area (Å²) in [5, 5.41) is 2.76. The first-order valence-electron chi connectivity index (χ1n) is 9.02. The molecule has 1 N–H and O–H groups in total. The van der Waals surface area contributed by atoms with Crippen molar-refractivity contribution in [2.45, 2.75) is 25.7 Å². The largest absolute Gasteiger partial charge is 0.497 e. The fourth-order valence-corrected chi connectivity index (χ4v) is 2.99. The van der Waals surface area contributed by atoms with E-state index in [9.17, 15) is 4.79 Å². The molecule has 1 aliphatic heterocycles. The van der Waals surface area contributed by atoms with Crippen molar-refractivity contribution in [2.24, 2.45) is 0 Å². The first kappa shape index (κ1) is 18.0. The van der Waals surface area contributed by atoms with Gasteiger partial charge < -0.3 is 19.7 Å². The van der Waals surface area contributed by atoms with Gasteiger partial charge in [0.25, 0.3) is 5.91 Å². The van der Waals surface area contributed by atoms with Crippen LogP contribution in [0.5, 0.6) is 11.5 Å². The number of hydrogen-bond acceptors (Lipinski definition) is 5. The zero-order chi connectivity index (χ0) is 18.2. The van der Waals surface area contributed by atoms with Gasteiger partial charge in [0.05, 0.1) is 19.0 Å². The minimum absolute atomic E-state index is 0.0806. The smallest absolute Gasteiger partial charge is 0.263 e. The van der Waals surface area contributed by atoms with Crippen molar-refractivity contribution in [1.82, 2.24) is 4.98 Å². The third-order valence-corrected chi connectivity index (χ3v) is 4.40. The first-order chi connectivity index (χ1) is 12.7. The first-order valence-corrected chi connectivity index (χ1v) is 9.02. The van der Waals surface area contributed by atoms with Crippen molar-refractivity contribution in [3.63, 3.8) is 0 Å². The standard InChI is InChI=1S/C20H25N3O3/c1-25-17-7-6-8-18(13-17)26-15-20(24)22-19-10-9-16(14-21-19)23-11-4-2-3-5-12-23/h6-10,13-14H,2-5,11-12,15H2,1H3,(H,21,22,24). The number of carbonyl (C=O) groups is 1. The highest BCUT2D eigenvalue weighted by molar-refractivity contribution is 5.91. The van der Waals surface area contributed by atoms with Gasteiger partial charge >= 0.3 is 0 Å². The molecule has 1 aromatic carbocycles. The summed E-state index contributed by atoms with van der Waals surface area (Å²) in [6, 6.07) is 11.0. The van der Waals surface area contributed by atoms with Crippen LogP contribution in [0.1, 0.15) is 25.7 Å². The molecular formula is C20H25N3O3. The topological polar surface area (TPSA) is 63.7 Å². The molecule has 1 amide bonds. The maximum absolute atomic E-state index is 12.1. The molecular weight excluding hydrogens is 330 g/mol. The van der Waals surface area contributed by atoms with Gasteiger partial charge in [-0.25, -0.2) is 4.98 Å². The van der Waals surface area contributed by atoms with E-state index < -0.39 is 0 Å². The highest BCUT2D eigenvalue weighted by atomic mass is 16.5. The van der Waals surface area contributed by atoms with Crippen molar-refractivity contribution in [2.75, 3.05) is 37.0 Å². The molecule has 138 valence electrons. The molecule has 1 aromatic heterocycles. The van der Waals surface area contributed by atoms with Crippen LogP contribution in [0.15, 0.2) is 42.6 Å². The number of amides is 1. The number of aromatic nitrogens is 1. The molecule has 1 saturated heterocycles. The Morgan fingerprint density at radius 1 is 1.12 bits per heavy atom. The Bertz CT molecular complexity index is 710. The zero-order valence-corrected chi connectivity index (χ0v) is 15.1. The minimum Gasteiger partial charge on any atom is -0.497 e. The Morgan fingerprint density at radius 2 is 1.88 bits per heavy atom. The van der Waals surface area contributed by atoms with Gasteiger partial charge in [-0.2, -0.15) is 0 Å². The molecule has 0 radical (unpaired) electrons. The maximum atomic E-state index is 12.1. The summed E-state index contributed by atoms with van der Waals surface area (Å²) in [6.07, 6.45) is 6.86. The summed E-state index contributed by atoms with van der Waals surface area (Å²) in [6.45, 7) is 2.06. The van der Waals surface area contributed by atoms with E-state index in [-0.39, 0.29) is 12.5 Å². The van der Waals surface area contributed by atoms with Crippen molar-refractivity contribution < 1.29 is 14.3 Å². The van der Waals surface area contributed by atoms with Crippen LogP contribution >= 0.6 is 0 Å². The van der Waals surface area contributed by atoms with Gasteiger partial charge in [0.15, 0.2) is 6.61 Å². The van der Waals surface area contributed by atoms with Crippen molar-refractivity contribution in [3.8, 4) is 11.5 Å². The second-order valence-electron chi connectivity index (χ2n) is 6.32. The van der Waals surface area contributed by atoms with E-state index in [0.717, 1.165) is 18.8 Å². The van der Waals surface area contributed by atoms with Gasteiger partial charge in [-0.1, -0.05) is 18.9 Å². The van der Waals surface area contributed by atoms with Gasteiger partial charge in [0.1, 0.15) is 17.3 Å². The maximum Gasteiger partial charge on any atom is 0.263 e. The lowest BCUT2D eigenvalue weighted by Crippen LogP contribution is -2.24. The molecule has 0 unspecified atom stereocenters. The lowest BCUT2D eigenvalue weighted by Gasteiger charge is -2.22. The highest BCUT2D eigenvalue weighted by Crippen LogP contribution is 2.20. The Labute approximate surface area is 154 Å². The van der Waals surface area contributed by atoms with E-state index in [4.69, 9.17) is 9.47 Å². The van der Waals surface area contributed by atoms with Crippen LogP contribution in [0.2, 0.25) is 0 Å². The predicted molar refractivity (Wildman–Crippen MR) is 102 cm³/mol. The third kappa shape index (κ3) is 5.12. The van der Waals surface area contributed by atoms with E-state index in [0.29, 0.717) is 17.3 Å². The fraction of sp³-hybridized carbons (Fsp3) is 0.400. The van der Waals surface area contributed by atoms with Crippen LogP contribution in [-0.2, 0) is 4.79 Å². The lowest BCUT2D eigenvalue weighted by atomic mass is 10.2. The minimum atomic E-state index is -0.247. The molecule has 0 atom stereocenters. The van der Waals surface area contributed by atoms with Crippen molar-refractivity contribution >= 4 is 17.4 Å². The highest BCUT2D eigenvalue weighted by Gasteiger charge is 2.11. The molecule has 0 saturated carbocycles. The van der Waals surface area contributed by atoms with E-state index in [1.54, 1.807) is 19.2 Å². The Morgan fingerprint density at radius 3 is 2.58 bits per heavy atom. The summed E-state index contributed by atoms with van der Waals surface area (Å²) in [4.78, 5) is 18.8. The SMILES string of the molecule is COc1cccc(OCC(=O)Nc2ccc(N3CCCCCC3)cn2)c1. The predicted octanol–water partition coefficient (Wildman–Crippen LogP) is 3.49. The van der Waals surface area contributed by atoms with Gasteiger partial charge in [-0.3, -0.25) is 4.79 Å². The number of nitrogens with one attached hydrogen (secondary N) is 1. The van der Waals surface area contributed by atoms with E-state index in [2.05, 4.69) is 15.2 Å². The second-order valence-corrected chi connectivity index (χ2v) is 6.32. The van der Waals surface area contributed by atoms with E-state index in [1.807, 2.05) is 30.5 Å². The number of methoxy groups -OCH3 is 1. The molecule has 26 heavy (non-hydrogen) atoms. The van der Waals surface area contributed by atoms with E-state index >= 15 is 0 Å². The number of anilines is 2. The number of nitrogens with zero attached hydrogens (tertiary/aromatic N) is 2. The Balaban J connectivity index is 1.50. The lowest BCUT2D eigenvalue weighted by molar-refractivity contribution is -0.118. The number of hydrogen-bond donors (Lipinski definition) is 1. The molecule has 0 spiro atoms. The van der Waals surface area contributed by atoms with E-state index in [1.165, 1.54) is 25.7 Å². The molecule has 0 aliphatic carbocycles. The Hall–Kier alpha value is -2.76. The van der Waals surface area contributed by atoms with Crippen LogP contribution in [-0.4, -0.2) is 37.7 Å². The molecule has 1 aliphatic rings. The zero-order valence-electron chi connectivity index (χ0n) is 15.1. The van der Waals surface area contributed by atoms with Crippen LogP contribution in [0.25, 0.3) is 0 Å². The third-order valence-electron chi connectivity index (χ3n) is 4.40. The number of rotatable bonds is 6. The van der Waals surface area contributed by atoms with Crippen molar-refractivity contribution in [1.29, 1.82) is 0 Å². The quantitative estimate of drug-likeness (QED) is 0.859. The number of pyridine rings is 1. The molecule has 1 fully saturated rings. The average Bonchev–Trinajstić information content (AvgIpc) is 2.97. The average molecular weight is 355 g/mol. The van der Waals surface area contributed by atoms with Crippen LogP contribution in [0.3, 0.4) is 0 Å². The summed E-state index contributed by atoms with van der Waals surface area (Å²) in [5.74, 6) is 1.56. The second kappa shape index (κ2) is 9.08. The fourth-order valence-electron chi connectivity index (χ4n) is 2.99. The number of benzene rings is 1. The van der Waals surface area contributed by atoms with Gasteiger partial charge in [0, 0.05) is 19.2 Å². The summed E-state index contributed by atoms with van der Waals surface area (Å²) in [7, 11) is 1.59. The normalized spacial score (nSPS) is 14.4. The summed E-state index contributed by atoms with van der Waals surface area (Å²) >= 11 is 0. The molecule has 2 aromatic rings. The van der Waals surface area contributed by atoms with Crippen LogP contribution in [0, 0.1) is 0 Å².